The van der Waals surface area contributed by atoms with Crippen molar-refractivity contribution in [1.82, 2.24) is 4.98 Å². The largest absolute Gasteiger partial charge is 0.369 e. The number of primary amides is 1. The van der Waals surface area contributed by atoms with Gasteiger partial charge in [0.15, 0.2) is 0 Å². The van der Waals surface area contributed by atoms with E-state index < -0.39 is 11.9 Å². The molecule has 0 radical (unpaired) electrons. The van der Waals surface area contributed by atoms with Crippen LogP contribution < -0.4 is 11.1 Å². The third-order valence-corrected chi connectivity index (χ3v) is 3.00. The number of nitrogens with two attached hydrogens (primary N) is 1. The SMILES string of the molecule is Cc1ccc(NC(C(N)=O)c2cscn2)cc1. The maximum absolute atomic E-state index is 11.4. The topological polar surface area (TPSA) is 68.0 Å². The Kier molecular flexibility index (Phi) is 3.39. The van der Waals surface area contributed by atoms with Crippen LogP contribution in [0.15, 0.2) is 35.2 Å². The van der Waals surface area contributed by atoms with Gasteiger partial charge in [-0.25, -0.2) is 4.98 Å². The Morgan fingerprint density at radius 1 is 1.41 bits per heavy atom. The highest BCUT2D eigenvalue weighted by molar-refractivity contribution is 7.07. The van der Waals surface area contributed by atoms with Crippen LogP contribution >= 0.6 is 11.3 Å². The van der Waals surface area contributed by atoms with Crippen LogP contribution in [0, 0.1) is 6.92 Å². The predicted octanol–water partition coefficient (Wildman–Crippen LogP) is 2.09. The highest BCUT2D eigenvalue weighted by atomic mass is 32.1. The number of aryl methyl sites for hydroxylation is 1. The third-order valence-electron chi connectivity index (χ3n) is 2.39. The maximum atomic E-state index is 11.4. The first-order valence-electron chi connectivity index (χ1n) is 5.17. The average Bonchev–Trinajstić information content (AvgIpc) is 2.81. The van der Waals surface area contributed by atoms with Gasteiger partial charge in [0.1, 0.15) is 6.04 Å². The molecule has 0 saturated carbocycles. The number of hydrogen-bond acceptors (Lipinski definition) is 4. The molecule has 0 fully saturated rings. The average molecular weight is 247 g/mol. The van der Waals surface area contributed by atoms with Crippen LogP contribution in [-0.2, 0) is 4.79 Å². The summed E-state index contributed by atoms with van der Waals surface area (Å²) >= 11 is 1.44. The van der Waals surface area contributed by atoms with Crippen molar-refractivity contribution in [3.05, 3.63) is 46.4 Å². The zero-order chi connectivity index (χ0) is 12.3. The summed E-state index contributed by atoms with van der Waals surface area (Å²) in [7, 11) is 0. The molecule has 1 heterocycles. The summed E-state index contributed by atoms with van der Waals surface area (Å²) in [5.74, 6) is -0.434. The lowest BCUT2D eigenvalue weighted by Gasteiger charge is -2.14. The van der Waals surface area contributed by atoms with E-state index in [0.29, 0.717) is 5.69 Å². The number of rotatable bonds is 4. The van der Waals surface area contributed by atoms with Gasteiger partial charge in [-0.3, -0.25) is 4.79 Å². The molecule has 4 nitrogen and oxygen atoms in total. The minimum absolute atomic E-state index is 0.434. The van der Waals surface area contributed by atoms with Gasteiger partial charge in [0.05, 0.1) is 11.2 Å². The van der Waals surface area contributed by atoms with Crippen LogP contribution in [0.5, 0.6) is 0 Å². The lowest BCUT2D eigenvalue weighted by molar-refractivity contribution is -0.118. The van der Waals surface area contributed by atoms with Crippen molar-refractivity contribution >= 4 is 22.9 Å². The first kappa shape index (κ1) is 11.6. The highest BCUT2D eigenvalue weighted by Crippen LogP contribution is 2.19. The number of aromatic nitrogens is 1. The van der Waals surface area contributed by atoms with Crippen molar-refractivity contribution in [2.75, 3.05) is 5.32 Å². The van der Waals surface area contributed by atoms with Gasteiger partial charge in [0.2, 0.25) is 5.91 Å². The third kappa shape index (κ3) is 2.82. The van der Waals surface area contributed by atoms with Crippen LogP contribution in [0.4, 0.5) is 5.69 Å². The minimum Gasteiger partial charge on any atom is -0.369 e. The van der Waals surface area contributed by atoms with Gasteiger partial charge in [0, 0.05) is 11.1 Å². The molecule has 0 bridgehead atoms. The molecular weight excluding hydrogens is 234 g/mol. The number of amides is 1. The Labute approximate surface area is 103 Å². The Bertz CT molecular complexity index is 493. The number of anilines is 1. The van der Waals surface area contributed by atoms with Crippen molar-refractivity contribution < 1.29 is 4.79 Å². The van der Waals surface area contributed by atoms with Crippen LogP contribution in [0.1, 0.15) is 17.3 Å². The smallest absolute Gasteiger partial charge is 0.246 e. The van der Waals surface area contributed by atoms with Gasteiger partial charge < -0.3 is 11.1 Å². The number of hydrogen-bond donors (Lipinski definition) is 2. The van der Waals surface area contributed by atoms with Crippen molar-refractivity contribution in [2.24, 2.45) is 5.73 Å². The van der Waals surface area contributed by atoms with E-state index in [1.54, 1.807) is 5.51 Å². The zero-order valence-electron chi connectivity index (χ0n) is 9.38. The van der Waals surface area contributed by atoms with Crippen LogP contribution in [0.25, 0.3) is 0 Å². The van der Waals surface area contributed by atoms with E-state index >= 15 is 0 Å². The summed E-state index contributed by atoms with van der Waals surface area (Å²) in [5, 5.41) is 4.89. The molecule has 17 heavy (non-hydrogen) atoms. The molecule has 2 aromatic rings. The standard InChI is InChI=1S/C12H13N3OS/c1-8-2-4-9(5-3-8)15-11(12(13)16)10-6-17-7-14-10/h2-7,11,15H,1H3,(H2,13,16). The highest BCUT2D eigenvalue weighted by Gasteiger charge is 2.19. The summed E-state index contributed by atoms with van der Waals surface area (Å²) in [6.07, 6.45) is 0. The molecule has 1 aromatic carbocycles. The summed E-state index contributed by atoms with van der Waals surface area (Å²) in [6, 6.07) is 7.20. The second-order valence-electron chi connectivity index (χ2n) is 3.76. The summed E-state index contributed by atoms with van der Waals surface area (Å²) in [6.45, 7) is 2.01. The summed E-state index contributed by atoms with van der Waals surface area (Å²) in [5.41, 5.74) is 9.73. The van der Waals surface area contributed by atoms with Crippen molar-refractivity contribution in [3.8, 4) is 0 Å². The molecule has 1 amide bonds. The molecule has 3 N–H and O–H groups in total. The Hall–Kier alpha value is -1.88. The molecule has 0 spiro atoms. The number of benzene rings is 1. The Balaban J connectivity index is 2.19. The van der Waals surface area contributed by atoms with E-state index in [1.165, 1.54) is 16.9 Å². The summed E-state index contributed by atoms with van der Waals surface area (Å²) in [4.78, 5) is 15.5. The predicted molar refractivity (Wildman–Crippen MR) is 68.9 cm³/mol. The fraction of sp³-hybridized carbons (Fsp3) is 0.167. The molecule has 0 aliphatic heterocycles. The molecule has 1 aromatic heterocycles. The lowest BCUT2D eigenvalue weighted by Crippen LogP contribution is -2.27. The Morgan fingerprint density at radius 3 is 2.65 bits per heavy atom. The van der Waals surface area contributed by atoms with Gasteiger partial charge >= 0.3 is 0 Å². The molecule has 1 atom stereocenters. The normalized spacial score (nSPS) is 12.1. The molecule has 1 unspecified atom stereocenters. The lowest BCUT2D eigenvalue weighted by atomic mass is 10.2. The zero-order valence-corrected chi connectivity index (χ0v) is 10.2. The van der Waals surface area contributed by atoms with Crippen LogP contribution in [0.2, 0.25) is 0 Å². The molecule has 0 saturated heterocycles. The molecule has 0 aliphatic rings. The van der Waals surface area contributed by atoms with E-state index in [4.69, 9.17) is 5.73 Å². The van der Waals surface area contributed by atoms with E-state index in [0.717, 1.165) is 5.69 Å². The van der Waals surface area contributed by atoms with Crippen molar-refractivity contribution in [2.45, 2.75) is 13.0 Å². The molecular formula is C12H13N3OS. The molecule has 5 heteroatoms. The van der Waals surface area contributed by atoms with E-state index in [2.05, 4.69) is 10.3 Å². The second kappa shape index (κ2) is 4.97. The van der Waals surface area contributed by atoms with Gasteiger partial charge in [-0.2, -0.15) is 0 Å². The first-order valence-corrected chi connectivity index (χ1v) is 6.11. The van der Waals surface area contributed by atoms with Gasteiger partial charge in [-0.05, 0) is 19.1 Å². The fourth-order valence-corrected chi connectivity index (χ4v) is 2.05. The number of thiazole rings is 1. The molecule has 88 valence electrons. The van der Waals surface area contributed by atoms with Crippen molar-refractivity contribution in [3.63, 3.8) is 0 Å². The quantitative estimate of drug-likeness (QED) is 0.869. The number of carbonyl (C=O) groups is 1. The number of carbonyl (C=O) groups excluding carboxylic acids is 1. The number of nitrogens with one attached hydrogen (secondary N) is 1. The van der Waals surface area contributed by atoms with Gasteiger partial charge in [-0.1, -0.05) is 17.7 Å². The van der Waals surface area contributed by atoms with Crippen LogP contribution in [0.3, 0.4) is 0 Å². The monoisotopic (exact) mass is 247 g/mol. The summed E-state index contributed by atoms with van der Waals surface area (Å²) < 4.78 is 0. The van der Waals surface area contributed by atoms with Gasteiger partial charge in [-0.15, -0.1) is 11.3 Å². The minimum atomic E-state index is -0.580. The fourth-order valence-electron chi connectivity index (χ4n) is 1.47. The first-order chi connectivity index (χ1) is 8.16. The maximum Gasteiger partial charge on any atom is 0.246 e. The molecule has 2 rings (SSSR count). The van der Waals surface area contributed by atoms with Crippen LogP contribution in [-0.4, -0.2) is 10.9 Å². The molecule has 0 aliphatic carbocycles. The van der Waals surface area contributed by atoms with E-state index in [-0.39, 0.29) is 0 Å². The van der Waals surface area contributed by atoms with E-state index in [9.17, 15) is 4.79 Å². The Morgan fingerprint density at radius 2 is 2.12 bits per heavy atom. The van der Waals surface area contributed by atoms with Gasteiger partial charge in [0.25, 0.3) is 0 Å². The van der Waals surface area contributed by atoms with Crippen molar-refractivity contribution in [1.29, 1.82) is 0 Å². The number of nitrogens with zero attached hydrogens (tertiary/aromatic N) is 1. The van der Waals surface area contributed by atoms with E-state index in [1.807, 2.05) is 36.6 Å². The second-order valence-corrected chi connectivity index (χ2v) is 4.48.